The molecule has 1 aliphatic heterocycles. The van der Waals surface area contributed by atoms with Crippen molar-refractivity contribution in [1.29, 1.82) is 0 Å². The van der Waals surface area contributed by atoms with E-state index >= 15 is 0 Å². The summed E-state index contributed by atoms with van der Waals surface area (Å²) in [5.74, 6) is 0.718. The number of thioether (sulfide) groups is 1. The number of methoxy groups -OCH3 is 1. The van der Waals surface area contributed by atoms with Crippen molar-refractivity contribution in [3.8, 4) is 11.5 Å². The SMILES string of the molecule is COc1ccccc1N1C(=O)S/C(=C\c2ccc(OCc3ccc(Cl)cc3Cl)cc2)C1=O. The van der Waals surface area contributed by atoms with Crippen molar-refractivity contribution in [2.75, 3.05) is 12.0 Å². The van der Waals surface area contributed by atoms with E-state index in [9.17, 15) is 9.59 Å². The molecule has 1 heterocycles. The summed E-state index contributed by atoms with van der Waals surface area (Å²) in [7, 11) is 1.50. The number of imide groups is 1. The molecule has 8 heteroatoms. The van der Waals surface area contributed by atoms with Crippen LogP contribution in [-0.4, -0.2) is 18.3 Å². The number of para-hydroxylation sites is 2. The van der Waals surface area contributed by atoms with Crippen molar-refractivity contribution in [2.24, 2.45) is 0 Å². The Morgan fingerprint density at radius 2 is 1.75 bits per heavy atom. The second-order valence-corrected chi connectivity index (χ2v) is 8.62. The van der Waals surface area contributed by atoms with E-state index in [0.29, 0.717) is 38.7 Å². The largest absolute Gasteiger partial charge is 0.495 e. The standard InChI is InChI=1S/C24H17Cl2NO4S/c1-30-21-5-3-2-4-20(21)27-23(28)22(32-24(27)29)12-15-6-10-18(11-7-15)31-14-16-8-9-17(25)13-19(16)26/h2-13H,14H2,1H3/b22-12-. The van der Waals surface area contributed by atoms with E-state index in [-0.39, 0.29) is 11.1 Å². The zero-order valence-corrected chi connectivity index (χ0v) is 19.2. The zero-order chi connectivity index (χ0) is 22.7. The molecule has 1 saturated heterocycles. The molecular weight excluding hydrogens is 469 g/mol. The normalized spacial score (nSPS) is 14.8. The third kappa shape index (κ3) is 4.78. The number of amides is 2. The molecule has 0 aromatic heterocycles. The third-order valence-corrected chi connectivity index (χ3v) is 6.16. The molecule has 0 spiro atoms. The summed E-state index contributed by atoms with van der Waals surface area (Å²) in [6.45, 7) is 0.299. The maximum absolute atomic E-state index is 12.9. The average molecular weight is 486 g/mol. The summed E-state index contributed by atoms with van der Waals surface area (Å²) in [5.41, 5.74) is 2.02. The van der Waals surface area contributed by atoms with Crippen LogP contribution >= 0.6 is 35.0 Å². The van der Waals surface area contributed by atoms with Gasteiger partial charge >= 0.3 is 0 Å². The van der Waals surface area contributed by atoms with Crippen LogP contribution in [0.4, 0.5) is 10.5 Å². The van der Waals surface area contributed by atoms with Gasteiger partial charge in [0.05, 0.1) is 17.7 Å². The van der Waals surface area contributed by atoms with Gasteiger partial charge in [0.2, 0.25) is 0 Å². The van der Waals surface area contributed by atoms with Crippen LogP contribution in [0.15, 0.2) is 71.6 Å². The van der Waals surface area contributed by atoms with E-state index < -0.39 is 0 Å². The molecule has 0 atom stereocenters. The Bertz CT molecular complexity index is 1210. The van der Waals surface area contributed by atoms with Gasteiger partial charge in [0, 0.05) is 15.6 Å². The minimum Gasteiger partial charge on any atom is -0.495 e. The van der Waals surface area contributed by atoms with Crippen LogP contribution in [0, 0.1) is 0 Å². The third-order valence-electron chi connectivity index (χ3n) is 4.71. The highest BCUT2D eigenvalue weighted by atomic mass is 35.5. The van der Waals surface area contributed by atoms with Crippen molar-refractivity contribution in [3.63, 3.8) is 0 Å². The molecule has 3 aromatic carbocycles. The lowest BCUT2D eigenvalue weighted by Gasteiger charge is -2.15. The Balaban J connectivity index is 1.47. The second-order valence-electron chi connectivity index (χ2n) is 6.78. The Morgan fingerprint density at radius 3 is 2.47 bits per heavy atom. The van der Waals surface area contributed by atoms with E-state index in [4.69, 9.17) is 32.7 Å². The molecule has 0 N–H and O–H groups in total. The van der Waals surface area contributed by atoms with Crippen LogP contribution in [0.25, 0.3) is 6.08 Å². The predicted molar refractivity (Wildman–Crippen MR) is 129 cm³/mol. The Kier molecular flexibility index (Phi) is 6.74. The van der Waals surface area contributed by atoms with Crippen LogP contribution < -0.4 is 14.4 Å². The molecule has 2 amide bonds. The topological polar surface area (TPSA) is 55.8 Å². The summed E-state index contributed by atoms with van der Waals surface area (Å²) in [6, 6.07) is 19.4. The van der Waals surface area contributed by atoms with Crippen molar-refractivity contribution in [2.45, 2.75) is 6.61 Å². The number of hydrogen-bond acceptors (Lipinski definition) is 5. The molecule has 0 unspecified atom stereocenters. The summed E-state index contributed by atoms with van der Waals surface area (Å²) in [5, 5.41) is 0.740. The first-order valence-electron chi connectivity index (χ1n) is 9.54. The first kappa shape index (κ1) is 22.3. The molecule has 162 valence electrons. The maximum Gasteiger partial charge on any atom is 0.298 e. The minimum absolute atomic E-state index is 0.299. The van der Waals surface area contributed by atoms with Gasteiger partial charge in [-0.15, -0.1) is 0 Å². The summed E-state index contributed by atoms with van der Waals surface area (Å²) < 4.78 is 11.1. The van der Waals surface area contributed by atoms with E-state index in [1.165, 1.54) is 7.11 Å². The molecule has 32 heavy (non-hydrogen) atoms. The van der Waals surface area contributed by atoms with Crippen LogP contribution in [0.3, 0.4) is 0 Å². The van der Waals surface area contributed by atoms with E-state index in [1.54, 1.807) is 54.6 Å². The van der Waals surface area contributed by atoms with Gasteiger partial charge in [-0.2, -0.15) is 0 Å². The second kappa shape index (κ2) is 9.69. The quantitative estimate of drug-likeness (QED) is 0.358. The molecule has 5 nitrogen and oxygen atoms in total. The number of nitrogens with zero attached hydrogens (tertiary/aromatic N) is 1. The highest BCUT2D eigenvalue weighted by molar-refractivity contribution is 8.19. The molecular formula is C24H17Cl2NO4S. The van der Waals surface area contributed by atoms with Gasteiger partial charge in [0.15, 0.2) is 0 Å². The minimum atomic E-state index is -0.387. The van der Waals surface area contributed by atoms with Crippen LogP contribution in [0.1, 0.15) is 11.1 Å². The molecule has 0 radical (unpaired) electrons. The Hall–Kier alpha value is -2.93. The lowest BCUT2D eigenvalue weighted by molar-refractivity contribution is -0.113. The van der Waals surface area contributed by atoms with Gasteiger partial charge in [-0.25, -0.2) is 4.90 Å². The lowest BCUT2D eigenvalue weighted by Crippen LogP contribution is -2.28. The van der Waals surface area contributed by atoms with Crippen LogP contribution in [0.2, 0.25) is 10.0 Å². The highest BCUT2D eigenvalue weighted by Gasteiger charge is 2.37. The van der Waals surface area contributed by atoms with Gasteiger partial charge in [-0.05, 0) is 59.8 Å². The monoisotopic (exact) mass is 485 g/mol. The van der Waals surface area contributed by atoms with E-state index in [0.717, 1.165) is 27.8 Å². The van der Waals surface area contributed by atoms with E-state index in [2.05, 4.69) is 0 Å². The molecule has 0 bridgehead atoms. The maximum atomic E-state index is 12.9. The van der Waals surface area contributed by atoms with Crippen LogP contribution in [0.5, 0.6) is 11.5 Å². The number of ether oxygens (including phenoxy) is 2. The Labute approximate surface area is 199 Å². The van der Waals surface area contributed by atoms with Crippen molar-refractivity contribution in [3.05, 3.63) is 92.8 Å². The Morgan fingerprint density at radius 1 is 1.00 bits per heavy atom. The number of rotatable bonds is 6. The van der Waals surface area contributed by atoms with Gasteiger partial charge in [0.25, 0.3) is 11.1 Å². The van der Waals surface area contributed by atoms with Crippen LogP contribution in [-0.2, 0) is 11.4 Å². The predicted octanol–water partition coefficient (Wildman–Crippen LogP) is 6.82. The van der Waals surface area contributed by atoms with Gasteiger partial charge in [-0.3, -0.25) is 9.59 Å². The van der Waals surface area contributed by atoms with Gasteiger partial charge < -0.3 is 9.47 Å². The molecule has 4 rings (SSSR count). The molecule has 1 aliphatic rings. The number of carbonyl (C=O) groups excluding carboxylic acids is 2. The van der Waals surface area contributed by atoms with Crippen molar-refractivity contribution >= 4 is 57.9 Å². The highest BCUT2D eigenvalue weighted by Crippen LogP contribution is 2.39. The number of halogens is 2. The average Bonchev–Trinajstić information content (AvgIpc) is 3.06. The molecule has 3 aromatic rings. The van der Waals surface area contributed by atoms with E-state index in [1.807, 2.05) is 18.2 Å². The number of benzene rings is 3. The fraction of sp³-hybridized carbons (Fsp3) is 0.0833. The first-order chi connectivity index (χ1) is 15.5. The summed E-state index contributed by atoms with van der Waals surface area (Å²) in [6.07, 6.45) is 1.68. The fourth-order valence-corrected chi connectivity index (χ4v) is 4.40. The van der Waals surface area contributed by atoms with Crippen molar-refractivity contribution in [1.82, 2.24) is 0 Å². The summed E-state index contributed by atoms with van der Waals surface area (Å²) >= 11 is 13.0. The lowest BCUT2D eigenvalue weighted by atomic mass is 10.2. The fourth-order valence-electron chi connectivity index (χ4n) is 3.10. The molecule has 1 fully saturated rings. The molecule has 0 saturated carbocycles. The number of anilines is 1. The van der Waals surface area contributed by atoms with Gasteiger partial charge in [0.1, 0.15) is 18.1 Å². The number of hydrogen-bond donors (Lipinski definition) is 0. The zero-order valence-electron chi connectivity index (χ0n) is 16.9. The first-order valence-corrected chi connectivity index (χ1v) is 11.1. The smallest absolute Gasteiger partial charge is 0.298 e. The number of carbonyl (C=O) groups is 2. The van der Waals surface area contributed by atoms with Crippen molar-refractivity contribution < 1.29 is 19.1 Å². The summed E-state index contributed by atoms with van der Waals surface area (Å²) in [4.78, 5) is 26.9. The van der Waals surface area contributed by atoms with Gasteiger partial charge in [-0.1, -0.05) is 53.5 Å². The molecule has 0 aliphatic carbocycles.